The second kappa shape index (κ2) is 33.0. The predicted molar refractivity (Wildman–Crippen MR) is 341 cm³/mol. The van der Waals surface area contributed by atoms with E-state index >= 15 is 9.59 Å². The standard InChI is InChI=1S/C66H94ClF6N11O11/c1-15-40(6)55-61(93)79(10)36-53(87)77(8)37-54(88)82(13)50(34-43-20-24-44(25-21-43)65(68,69)70)60(92)78(9)35-51(85)74-47(27-23-42-22-26-45(46(67)33-42)66(71,72)73)59(91)84-30-18-19-48(84)58(90)76-64(28-16-17-29-64)63(95)83(14)56(39(4)5)62(94)80(11)41(7)32-52(86)81(12)49(31-38(2)3)57(89)75-55/h20-22,24-26,33,38-41,47-50,55-56H,15-19,23,27-32,34-37H2,1-14H3,(H,74,85)(H,75,89)(H,76,90)/t40-,41+,47-,48?,49-,50-,55-,56-/m0/s1. The van der Waals surface area contributed by atoms with Gasteiger partial charge in [-0.1, -0.05) is 90.6 Å². The number of likely N-dealkylation sites (N-methyl/N-ethyl adjacent to an activating group) is 7. The highest BCUT2D eigenvalue weighted by Crippen LogP contribution is 2.37. The van der Waals surface area contributed by atoms with E-state index in [9.17, 15) is 69.5 Å². The van der Waals surface area contributed by atoms with Crippen LogP contribution in [0.25, 0.3) is 0 Å². The SMILES string of the molecule is CC[C@H](C)[C@@H]1NC(=O)[C@H](CC(C)C)N(C)C(=O)C[C@@H](C)N(C)C(=O)[C@H](C(C)C)N(C)C(=O)C2(CCCC2)NC(=O)C2CCCN2C(=O)[C@H](CCc2ccc(C(F)(F)F)c(Cl)c2)NC(=O)CN(C)C(=O)[C@H](Cc2ccc(C(F)(F)F)cc2)N(C)C(=O)CN(C)C(=O)CN(C)C1=O. The normalized spacial score (nSPS) is 24.7. The fourth-order valence-corrected chi connectivity index (χ4v) is 12.8. The summed E-state index contributed by atoms with van der Waals surface area (Å²) in [5.74, 6) is -9.20. The summed E-state index contributed by atoms with van der Waals surface area (Å²) >= 11 is 6.09. The van der Waals surface area contributed by atoms with E-state index in [-0.39, 0.29) is 75.0 Å². The van der Waals surface area contributed by atoms with E-state index in [1.807, 2.05) is 13.8 Å². The minimum Gasteiger partial charge on any atom is -0.343 e. The molecule has 0 radical (unpaired) electrons. The summed E-state index contributed by atoms with van der Waals surface area (Å²) in [6.07, 6.45) is -8.43. The van der Waals surface area contributed by atoms with Crippen LogP contribution in [0.4, 0.5) is 26.3 Å². The zero-order chi connectivity index (χ0) is 71.5. The van der Waals surface area contributed by atoms with Crippen LogP contribution in [0.2, 0.25) is 5.02 Å². The van der Waals surface area contributed by atoms with Crippen molar-refractivity contribution in [2.45, 2.75) is 186 Å². The molecule has 3 aliphatic rings. The number of rotatable bonds is 10. The summed E-state index contributed by atoms with van der Waals surface area (Å²) in [5.41, 5.74) is -3.30. The Bertz CT molecular complexity index is 3130. The van der Waals surface area contributed by atoms with Gasteiger partial charge in [-0.25, -0.2) is 0 Å². The van der Waals surface area contributed by atoms with Crippen LogP contribution in [0.15, 0.2) is 42.5 Å². The van der Waals surface area contributed by atoms with Gasteiger partial charge in [0.2, 0.25) is 65.0 Å². The lowest BCUT2D eigenvalue weighted by Crippen LogP contribution is -2.64. The van der Waals surface area contributed by atoms with Crippen LogP contribution in [-0.4, -0.2) is 228 Å². The van der Waals surface area contributed by atoms with Crippen molar-refractivity contribution in [2.75, 3.05) is 75.5 Å². The van der Waals surface area contributed by atoms with Crippen molar-refractivity contribution >= 4 is 76.6 Å². The summed E-state index contributed by atoms with van der Waals surface area (Å²) in [7, 11) is 9.37. The van der Waals surface area contributed by atoms with E-state index in [0.717, 1.165) is 62.1 Å². The molecule has 11 amide bonds. The molecule has 2 aromatic carbocycles. The molecular weight excluding hydrogens is 1270 g/mol. The second-order valence-electron chi connectivity index (χ2n) is 26.6. The maximum absolute atomic E-state index is 15.1. The topological polar surface area (TPSA) is 250 Å². The Balaban J connectivity index is 1.59. The number of halogens is 7. The first-order chi connectivity index (χ1) is 44.1. The molecule has 8 atom stereocenters. The predicted octanol–water partition coefficient (Wildman–Crippen LogP) is 5.80. The number of alkyl halides is 6. The van der Waals surface area contributed by atoms with Gasteiger partial charge in [-0.2, -0.15) is 26.3 Å². The van der Waals surface area contributed by atoms with Gasteiger partial charge in [-0.15, -0.1) is 0 Å². The maximum Gasteiger partial charge on any atom is 0.417 e. The third-order valence-corrected chi connectivity index (χ3v) is 19.0. The minimum absolute atomic E-state index is 0.0206. The lowest BCUT2D eigenvalue weighted by Gasteiger charge is -2.41. The van der Waals surface area contributed by atoms with Gasteiger partial charge in [0.25, 0.3) is 0 Å². The Morgan fingerprint density at radius 1 is 0.621 bits per heavy atom. The molecule has 29 heteroatoms. The van der Waals surface area contributed by atoms with Gasteiger partial charge in [0.1, 0.15) is 41.8 Å². The molecule has 95 heavy (non-hydrogen) atoms. The molecule has 3 fully saturated rings. The third kappa shape index (κ3) is 19.8. The van der Waals surface area contributed by atoms with Crippen LogP contribution in [0.3, 0.4) is 0 Å². The lowest BCUT2D eigenvalue weighted by molar-refractivity contribution is -0.152. The first-order valence-corrected chi connectivity index (χ1v) is 32.6. The van der Waals surface area contributed by atoms with Crippen LogP contribution in [-0.2, 0) is 77.9 Å². The number of nitrogens with zero attached hydrogens (tertiary/aromatic N) is 8. The van der Waals surface area contributed by atoms with Gasteiger partial charge in [-0.3, -0.25) is 52.7 Å². The molecule has 2 saturated heterocycles. The molecule has 1 unspecified atom stereocenters. The summed E-state index contributed by atoms with van der Waals surface area (Å²) in [6, 6.07) is -1.83. The van der Waals surface area contributed by atoms with E-state index in [1.54, 1.807) is 34.6 Å². The van der Waals surface area contributed by atoms with Gasteiger partial charge < -0.3 is 55.1 Å². The van der Waals surface area contributed by atoms with E-state index in [4.69, 9.17) is 11.6 Å². The molecule has 1 saturated carbocycles. The zero-order valence-electron chi connectivity index (χ0n) is 56.8. The fraction of sp³-hybridized carbons (Fsp3) is 0.652. The molecule has 0 aromatic heterocycles. The number of aryl methyl sites for hydroxylation is 1. The molecule has 2 aromatic rings. The Kier molecular flexibility index (Phi) is 27.1. The minimum atomic E-state index is -4.80. The molecule has 5 rings (SSSR count). The molecular formula is C66H94ClF6N11O11. The van der Waals surface area contributed by atoms with Gasteiger partial charge in [0.15, 0.2) is 0 Å². The first kappa shape index (κ1) is 78.2. The van der Waals surface area contributed by atoms with Gasteiger partial charge in [-0.05, 0) is 105 Å². The summed E-state index contributed by atoms with van der Waals surface area (Å²) < 4.78 is 82.5. The average Bonchev–Trinajstić information content (AvgIpc) is 1.73. The van der Waals surface area contributed by atoms with E-state index < -0.39 is 179 Å². The number of fused-ring (bicyclic) bond motifs is 1. The van der Waals surface area contributed by atoms with Crippen molar-refractivity contribution in [1.29, 1.82) is 0 Å². The molecule has 528 valence electrons. The van der Waals surface area contributed by atoms with E-state index in [0.29, 0.717) is 19.3 Å². The second-order valence-corrected chi connectivity index (χ2v) is 27.0. The number of carbonyl (C=O) groups excluding carboxylic acids is 11. The Morgan fingerprint density at radius 2 is 1.20 bits per heavy atom. The largest absolute Gasteiger partial charge is 0.417 e. The highest BCUT2D eigenvalue weighted by molar-refractivity contribution is 6.31. The third-order valence-electron chi connectivity index (χ3n) is 18.7. The van der Waals surface area contributed by atoms with Gasteiger partial charge >= 0.3 is 12.4 Å². The number of benzene rings is 2. The number of amides is 11. The summed E-state index contributed by atoms with van der Waals surface area (Å²) in [5, 5.41) is 7.81. The molecule has 1 spiro atoms. The van der Waals surface area contributed by atoms with Crippen molar-refractivity contribution in [2.24, 2.45) is 17.8 Å². The Morgan fingerprint density at radius 3 is 1.76 bits per heavy atom. The lowest BCUT2D eigenvalue weighted by atomic mass is 9.91. The Labute approximate surface area is 557 Å². The molecule has 2 aliphatic heterocycles. The average molecular weight is 1370 g/mol. The Hall–Kier alpha value is -7.52. The van der Waals surface area contributed by atoms with Crippen LogP contribution >= 0.6 is 11.6 Å². The van der Waals surface area contributed by atoms with E-state index in [2.05, 4.69) is 16.0 Å². The molecule has 22 nitrogen and oxygen atoms in total. The zero-order valence-corrected chi connectivity index (χ0v) is 57.6. The van der Waals surface area contributed by atoms with Crippen LogP contribution in [0.5, 0.6) is 0 Å². The molecule has 2 heterocycles. The highest BCUT2D eigenvalue weighted by atomic mass is 35.5. The number of carbonyl (C=O) groups is 11. The fourth-order valence-electron chi connectivity index (χ4n) is 12.5. The van der Waals surface area contributed by atoms with E-state index in [1.165, 1.54) is 68.9 Å². The molecule has 3 N–H and O–H groups in total. The summed E-state index contributed by atoms with van der Waals surface area (Å²) in [4.78, 5) is 169. The molecule has 0 bridgehead atoms. The monoisotopic (exact) mass is 1370 g/mol. The van der Waals surface area contributed by atoms with Gasteiger partial charge in [0.05, 0.1) is 35.8 Å². The summed E-state index contributed by atoms with van der Waals surface area (Å²) in [6.45, 7) is 10.2. The van der Waals surface area contributed by atoms with Crippen molar-refractivity contribution < 1.29 is 79.1 Å². The number of hydrogen-bond donors (Lipinski definition) is 3. The van der Waals surface area contributed by atoms with Crippen molar-refractivity contribution in [1.82, 2.24) is 55.1 Å². The van der Waals surface area contributed by atoms with Crippen LogP contribution in [0, 0.1) is 17.8 Å². The quantitative estimate of drug-likeness (QED) is 0.240. The van der Waals surface area contributed by atoms with Crippen molar-refractivity contribution in [3.63, 3.8) is 0 Å². The van der Waals surface area contributed by atoms with Crippen molar-refractivity contribution in [3.05, 3.63) is 69.7 Å². The van der Waals surface area contributed by atoms with Crippen molar-refractivity contribution in [3.8, 4) is 0 Å². The van der Waals surface area contributed by atoms with Crippen LogP contribution in [0.1, 0.15) is 135 Å². The smallest absolute Gasteiger partial charge is 0.343 e. The first-order valence-electron chi connectivity index (χ1n) is 32.2. The van der Waals surface area contributed by atoms with Gasteiger partial charge in [0, 0.05) is 74.8 Å². The van der Waals surface area contributed by atoms with Crippen LogP contribution < -0.4 is 16.0 Å². The number of hydrogen-bond acceptors (Lipinski definition) is 11. The maximum atomic E-state index is 15.1. The molecule has 1 aliphatic carbocycles. The highest BCUT2D eigenvalue weighted by Gasteiger charge is 2.50. The number of nitrogens with one attached hydrogen (secondary N) is 3.